The van der Waals surface area contributed by atoms with E-state index in [1.165, 1.54) is 18.5 Å². The second-order valence-corrected chi connectivity index (χ2v) is 6.24. The van der Waals surface area contributed by atoms with Crippen molar-refractivity contribution >= 4 is 5.91 Å². The zero-order chi connectivity index (χ0) is 18.5. The number of benzene rings is 2. The Morgan fingerprint density at radius 1 is 1.15 bits per heavy atom. The molecule has 1 atom stereocenters. The number of aryl methyl sites for hydroxylation is 1. The van der Waals surface area contributed by atoms with E-state index in [-0.39, 0.29) is 17.8 Å². The Kier molecular flexibility index (Phi) is 5.41. The molecule has 2 aromatic carbocycles. The number of aromatic nitrogens is 3. The molecular formula is C20H21FN4O. The second kappa shape index (κ2) is 7.91. The predicted molar refractivity (Wildman–Crippen MR) is 97.3 cm³/mol. The van der Waals surface area contributed by atoms with Crippen LogP contribution in [0.1, 0.15) is 30.5 Å². The minimum absolute atomic E-state index is 0.0412. The van der Waals surface area contributed by atoms with Crippen LogP contribution < -0.4 is 0 Å². The van der Waals surface area contributed by atoms with Crippen LogP contribution in [0.3, 0.4) is 0 Å². The maximum atomic E-state index is 12.9. The summed E-state index contributed by atoms with van der Waals surface area (Å²) in [5, 5.41) is 4.10. The number of nitrogens with zero attached hydrogens (tertiary/aromatic N) is 4. The fraction of sp³-hybridized carbons (Fsp3) is 0.250. The molecular weight excluding hydrogens is 331 g/mol. The summed E-state index contributed by atoms with van der Waals surface area (Å²) in [4.78, 5) is 18.2. The van der Waals surface area contributed by atoms with Crippen molar-refractivity contribution in [1.29, 1.82) is 0 Å². The number of carbonyl (C=O) groups is 1. The van der Waals surface area contributed by atoms with Gasteiger partial charge in [-0.3, -0.25) is 4.79 Å². The lowest BCUT2D eigenvalue weighted by Gasteiger charge is -2.25. The Balaban J connectivity index is 1.60. The average molecular weight is 352 g/mol. The SMILES string of the molecule is CC(c1ccc(-n2cncn2)cc1)N(C)C(=O)CCc1ccc(F)cc1. The van der Waals surface area contributed by atoms with Crippen molar-refractivity contribution in [3.63, 3.8) is 0 Å². The standard InChI is InChI=1S/C20H21FN4O/c1-15(17-6-10-19(11-7-17)25-14-22-13-23-25)24(2)20(26)12-5-16-3-8-18(21)9-4-16/h3-4,6-11,13-15H,5,12H2,1-2H3. The fourth-order valence-corrected chi connectivity index (χ4v) is 2.77. The van der Waals surface area contributed by atoms with Crippen molar-refractivity contribution in [1.82, 2.24) is 19.7 Å². The molecule has 0 saturated heterocycles. The van der Waals surface area contributed by atoms with Crippen LogP contribution in [0, 0.1) is 5.82 Å². The molecule has 1 aromatic heterocycles. The van der Waals surface area contributed by atoms with E-state index in [0.717, 1.165) is 16.8 Å². The van der Waals surface area contributed by atoms with Crippen molar-refractivity contribution in [2.75, 3.05) is 7.05 Å². The lowest BCUT2D eigenvalue weighted by molar-refractivity contribution is -0.131. The Morgan fingerprint density at radius 3 is 2.46 bits per heavy atom. The minimum atomic E-state index is -0.264. The zero-order valence-electron chi connectivity index (χ0n) is 14.8. The molecule has 3 aromatic rings. The Bertz CT molecular complexity index is 845. The van der Waals surface area contributed by atoms with Crippen LogP contribution in [0.25, 0.3) is 5.69 Å². The van der Waals surface area contributed by atoms with Crippen molar-refractivity contribution in [2.24, 2.45) is 0 Å². The number of rotatable bonds is 6. The summed E-state index contributed by atoms with van der Waals surface area (Å²) in [6.45, 7) is 2.00. The van der Waals surface area contributed by atoms with E-state index < -0.39 is 0 Å². The van der Waals surface area contributed by atoms with E-state index in [1.807, 2.05) is 38.2 Å². The average Bonchev–Trinajstić information content (AvgIpc) is 3.21. The highest BCUT2D eigenvalue weighted by Gasteiger charge is 2.17. The van der Waals surface area contributed by atoms with Crippen molar-refractivity contribution in [3.05, 3.63) is 78.1 Å². The smallest absolute Gasteiger partial charge is 0.223 e. The van der Waals surface area contributed by atoms with Gasteiger partial charge in [-0.05, 0) is 48.7 Å². The normalized spacial score (nSPS) is 12.0. The Hall–Kier alpha value is -3.02. The van der Waals surface area contributed by atoms with E-state index in [1.54, 1.807) is 28.0 Å². The first-order valence-electron chi connectivity index (χ1n) is 8.49. The van der Waals surface area contributed by atoms with Gasteiger partial charge in [-0.25, -0.2) is 14.1 Å². The van der Waals surface area contributed by atoms with E-state index >= 15 is 0 Å². The maximum Gasteiger partial charge on any atom is 0.223 e. The van der Waals surface area contributed by atoms with E-state index in [4.69, 9.17) is 0 Å². The van der Waals surface area contributed by atoms with Gasteiger partial charge >= 0.3 is 0 Å². The molecule has 0 bridgehead atoms. The lowest BCUT2D eigenvalue weighted by atomic mass is 10.1. The highest BCUT2D eigenvalue weighted by Crippen LogP contribution is 2.21. The molecule has 1 heterocycles. The van der Waals surface area contributed by atoms with Crippen LogP contribution in [-0.2, 0) is 11.2 Å². The van der Waals surface area contributed by atoms with Crippen LogP contribution in [-0.4, -0.2) is 32.6 Å². The summed E-state index contributed by atoms with van der Waals surface area (Å²) in [5.41, 5.74) is 2.92. The van der Waals surface area contributed by atoms with Gasteiger partial charge in [0.25, 0.3) is 0 Å². The van der Waals surface area contributed by atoms with Gasteiger partial charge in [0, 0.05) is 13.5 Å². The van der Waals surface area contributed by atoms with Crippen LogP contribution >= 0.6 is 0 Å². The molecule has 134 valence electrons. The molecule has 1 unspecified atom stereocenters. The molecule has 0 N–H and O–H groups in total. The number of hydrogen-bond donors (Lipinski definition) is 0. The van der Waals surface area contributed by atoms with E-state index in [2.05, 4.69) is 10.1 Å². The van der Waals surface area contributed by atoms with Crippen molar-refractivity contribution < 1.29 is 9.18 Å². The molecule has 1 amide bonds. The van der Waals surface area contributed by atoms with Gasteiger partial charge in [-0.1, -0.05) is 24.3 Å². The molecule has 0 aliphatic carbocycles. The molecule has 0 spiro atoms. The van der Waals surface area contributed by atoms with Crippen molar-refractivity contribution in [2.45, 2.75) is 25.8 Å². The molecule has 26 heavy (non-hydrogen) atoms. The van der Waals surface area contributed by atoms with E-state index in [0.29, 0.717) is 12.8 Å². The molecule has 0 saturated carbocycles. The summed E-state index contributed by atoms with van der Waals surface area (Å²) < 4.78 is 14.6. The quantitative estimate of drug-likeness (QED) is 0.682. The third-order valence-corrected chi connectivity index (χ3v) is 4.57. The third-order valence-electron chi connectivity index (χ3n) is 4.57. The predicted octanol–water partition coefficient (Wildman–Crippen LogP) is 3.56. The number of hydrogen-bond acceptors (Lipinski definition) is 3. The number of amides is 1. The van der Waals surface area contributed by atoms with Crippen LogP contribution in [0.4, 0.5) is 4.39 Å². The largest absolute Gasteiger partial charge is 0.339 e. The zero-order valence-corrected chi connectivity index (χ0v) is 14.8. The molecule has 6 heteroatoms. The van der Waals surface area contributed by atoms with Gasteiger partial charge in [0.05, 0.1) is 11.7 Å². The van der Waals surface area contributed by atoms with Gasteiger partial charge in [0.15, 0.2) is 0 Å². The summed E-state index contributed by atoms with van der Waals surface area (Å²) in [6, 6.07) is 14.1. The highest BCUT2D eigenvalue weighted by molar-refractivity contribution is 5.76. The first kappa shape index (κ1) is 17.8. The van der Waals surface area contributed by atoms with Gasteiger partial charge in [-0.15, -0.1) is 0 Å². The van der Waals surface area contributed by atoms with Crippen LogP contribution in [0.5, 0.6) is 0 Å². The first-order chi connectivity index (χ1) is 12.5. The van der Waals surface area contributed by atoms with Crippen LogP contribution in [0.2, 0.25) is 0 Å². The lowest BCUT2D eigenvalue weighted by Crippen LogP contribution is -2.29. The first-order valence-corrected chi connectivity index (χ1v) is 8.49. The highest BCUT2D eigenvalue weighted by atomic mass is 19.1. The molecule has 5 nitrogen and oxygen atoms in total. The molecule has 3 rings (SSSR count). The Morgan fingerprint density at radius 2 is 1.85 bits per heavy atom. The van der Waals surface area contributed by atoms with Gasteiger partial charge in [0.2, 0.25) is 5.91 Å². The molecule has 0 aliphatic rings. The molecule has 0 fully saturated rings. The topological polar surface area (TPSA) is 51.0 Å². The van der Waals surface area contributed by atoms with Gasteiger partial charge < -0.3 is 4.90 Å². The van der Waals surface area contributed by atoms with Gasteiger partial charge in [-0.2, -0.15) is 5.10 Å². The minimum Gasteiger partial charge on any atom is -0.339 e. The molecule has 0 radical (unpaired) electrons. The van der Waals surface area contributed by atoms with Gasteiger partial charge in [0.1, 0.15) is 18.5 Å². The number of carbonyl (C=O) groups excluding carboxylic acids is 1. The Labute approximate surface area is 152 Å². The third kappa shape index (κ3) is 4.14. The summed E-state index contributed by atoms with van der Waals surface area (Å²) >= 11 is 0. The second-order valence-electron chi connectivity index (χ2n) is 6.24. The monoisotopic (exact) mass is 352 g/mol. The van der Waals surface area contributed by atoms with E-state index in [9.17, 15) is 9.18 Å². The maximum absolute atomic E-state index is 12.9. The fourth-order valence-electron chi connectivity index (χ4n) is 2.77. The van der Waals surface area contributed by atoms with Crippen molar-refractivity contribution in [3.8, 4) is 5.69 Å². The summed E-state index contributed by atoms with van der Waals surface area (Å²) in [5.74, 6) is -0.206. The van der Waals surface area contributed by atoms with Crippen LogP contribution in [0.15, 0.2) is 61.2 Å². The summed E-state index contributed by atoms with van der Waals surface area (Å²) in [6.07, 6.45) is 4.12. The number of halogens is 1. The molecule has 0 aliphatic heterocycles. The summed E-state index contributed by atoms with van der Waals surface area (Å²) in [7, 11) is 1.81.